The number of hydrogen-bond acceptors (Lipinski definition) is 5. The minimum atomic E-state index is -0.322. The molecule has 1 aliphatic heterocycles. The molecule has 0 aliphatic carbocycles. The molecule has 2 aromatic heterocycles. The maximum atomic E-state index is 6.16. The van der Waals surface area contributed by atoms with Crippen molar-refractivity contribution < 1.29 is 4.74 Å². The summed E-state index contributed by atoms with van der Waals surface area (Å²) in [5.41, 5.74) is 3.83. The Hall–Kier alpha value is -2.63. The monoisotopic (exact) mass is 352 g/mol. The molecule has 0 radical (unpaired) electrons. The first kappa shape index (κ1) is 15.9. The third-order valence-corrected chi connectivity index (χ3v) is 4.44. The third kappa shape index (κ3) is 3.16. The van der Waals surface area contributed by atoms with Crippen molar-refractivity contribution in [3.05, 3.63) is 77.5 Å². The van der Waals surface area contributed by atoms with Crippen molar-refractivity contribution in [2.75, 3.05) is 4.90 Å². The molecule has 1 atom stereocenters. The van der Waals surface area contributed by atoms with E-state index in [2.05, 4.69) is 22.4 Å². The lowest BCUT2D eigenvalue weighted by molar-refractivity contribution is 0.0362. The highest BCUT2D eigenvalue weighted by atomic mass is 35.5. The lowest BCUT2D eigenvalue weighted by Gasteiger charge is -2.26. The van der Waals surface area contributed by atoms with Crippen LogP contribution in [0, 0.1) is 6.92 Å². The Kier molecular flexibility index (Phi) is 4.26. The summed E-state index contributed by atoms with van der Waals surface area (Å²) < 4.78 is 6.03. The van der Waals surface area contributed by atoms with Crippen LogP contribution in [0.5, 0.6) is 0 Å². The predicted molar refractivity (Wildman–Crippen MR) is 99.1 cm³/mol. The van der Waals surface area contributed by atoms with Crippen LogP contribution in [-0.2, 0) is 11.3 Å². The van der Waals surface area contributed by atoms with E-state index in [-0.39, 0.29) is 6.35 Å². The van der Waals surface area contributed by atoms with Gasteiger partial charge in [-0.1, -0.05) is 29.8 Å². The molecule has 3 heterocycles. The Labute approximate surface area is 150 Å². The molecule has 0 fully saturated rings. The quantitative estimate of drug-likeness (QED) is 0.769. The molecule has 1 aliphatic rings. The SMILES string of the molecule is Cc1ccc2cccc(N3C=CNC3OCc3ccncc3Cl)c2n1. The number of rotatable bonds is 4. The van der Waals surface area contributed by atoms with E-state index in [4.69, 9.17) is 21.3 Å². The Morgan fingerprint density at radius 1 is 1.24 bits per heavy atom. The van der Waals surface area contributed by atoms with Gasteiger partial charge in [-0.3, -0.25) is 9.97 Å². The summed E-state index contributed by atoms with van der Waals surface area (Å²) in [6.07, 6.45) is 6.83. The minimum Gasteiger partial charge on any atom is -0.347 e. The van der Waals surface area contributed by atoms with Crippen LogP contribution < -0.4 is 10.2 Å². The van der Waals surface area contributed by atoms with Gasteiger partial charge >= 0.3 is 0 Å². The second-order valence-corrected chi connectivity index (χ2v) is 6.23. The number of fused-ring (bicyclic) bond motifs is 1. The summed E-state index contributed by atoms with van der Waals surface area (Å²) in [5.74, 6) is 0. The molecular formula is C19H17ClN4O. The molecule has 1 unspecified atom stereocenters. The molecule has 6 heteroatoms. The second-order valence-electron chi connectivity index (χ2n) is 5.82. The highest BCUT2D eigenvalue weighted by molar-refractivity contribution is 6.31. The molecule has 0 saturated carbocycles. The summed E-state index contributed by atoms with van der Waals surface area (Å²) >= 11 is 6.16. The molecular weight excluding hydrogens is 336 g/mol. The highest BCUT2D eigenvalue weighted by Gasteiger charge is 2.23. The number of pyridine rings is 2. The van der Waals surface area contributed by atoms with E-state index >= 15 is 0 Å². The van der Waals surface area contributed by atoms with Gasteiger partial charge in [0.2, 0.25) is 6.35 Å². The topological polar surface area (TPSA) is 50.3 Å². The molecule has 0 saturated heterocycles. The summed E-state index contributed by atoms with van der Waals surface area (Å²) in [4.78, 5) is 10.7. The zero-order valence-electron chi connectivity index (χ0n) is 13.7. The molecule has 3 aromatic rings. The fourth-order valence-electron chi connectivity index (χ4n) is 2.83. The highest BCUT2D eigenvalue weighted by Crippen LogP contribution is 2.29. The number of halogens is 1. The standard InChI is InChI=1S/C19H17ClN4O/c1-13-5-6-14-3-2-4-17(18(14)23-13)24-10-9-22-19(24)25-12-15-7-8-21-11-16(15)20/h2-11,19,22H,12H2,1H3. The van der Waals surface area contributed by atoms with Crippen molar-refractivity contribution in [1.29, 1.82) is 0 Å². The van der Waals surface area contributed by atoms with E-state index in [0.717, 1.165) is 27.8 Å². The van der Waals surface area contributed by atoms with Crippen molar-refractivity contribution in [1.82, 2.24) is 15.3 Å². The zero-order valence-corrected chi connectivity index (χ0v) is 14.4. The number of anilines is 1. The Morgan fingerprint density at radius 3 is 3.04 bits per heavy atom. The van der Waals surface area contributed by atoms with Crippen LogP contribution in [-0.4, -0.2) is 16.3 Å². The maximum absolute atomic E-state index is 6.16. The van der Waals surface area contributed by atoms with Gasteiger partial charge in [-0.05, 0) is 30.7 Å². The summed E-state index contributed by atoms with van der Waals surface area (Å²) in [6.45, 7) is 2.38. The number of nitrogens with zero attached hydrogens (tertiary/aromatic N) is 3. The first-order chi connectivity index (χ1) is 12.2. The first-order valence-electron chi connectivity index (χ1n) is 8.00. The molecule has 4 rings (SSSR count). The van der Waals surface area contributed by atoms with Gasteiger partial charge < -0.3 is 15.0 Å². The molecule has 1 aromatic carbocycles. The van der Waals surface area contributed by atoms with Crippen LogP contribution in [0.1, 0.15) is 11.3 Å². The Bertz CT molecular complexity index is 944. The van der Waals surface area contributed by atoms with Crippen molar-refractivity contribution >= 4 is 28.2 Å². The molecule has 25 heavy (non-hydrogen) atoms. The van der Waals surface area contributed by atoms with Gasteiger partial charge in [0.15, 0.2) is 0 Å². The molecule has 126 valence electrons. The van der Waals surface area contributed by atoms with Gasteiger partial charge in [-0.15, -0.1) is 0 Å². The first-order valence-corrected chi connectivity index (χ1v) is 8.37. The van der Waals surface area contributed by atoms with Crippen molar-refractivity contribution in [2.24, 2.45) is 0 Å². The smallest absolute Gasteiger partial charge is 0.211 e. The Morgan fingerprint density at radius 2 is 2.16 bits per heavy atom. The normalized spacial score (nSPS) is 16.4. The fraction of sp³-hybridized carbons (Fsp3) is 0.158. The number of hydrogen-bond donors (Lipinski definition) is 1. The van der Waals surface area contributed by atoms with Gasteiger partial charge in [0.25, 0.3) is 0 Å². The number of ether oxygens (including phenoxy) is 1. The van der Waals surface area contributed by atoms with Gasteiger partial charge in [-0.25, -0.2) is 0 Å². The largest absolute Gasteiger partial charge is 0.347 e. The zero-order chi connectivity index (χ0) is 17.2. The average Bonchev–Trinajstić information content (AvgIpc) is 3.09. The molecule has 5 nitrogen and oxygen atoms in total. The van der Waals surface area contributed by atoms with Crippen LogP contribution >= 0.6 is 11.6 Å². The average molecular weight is 353 g/mol. The number of benzene rings is 1. The number of aromatic nitrogens is 2. The van der Waals surface area contributed by atoms with E-state index in [9.17, 15) is 0 Å². The van der Waals surface area contributed by atoms with Crippen LogP contribution in [0.25, 0.3) is 10.9 Å². The van der Waals surface area contributed by atoms with Crippen LogP contribution in [0.3, 0.4) is 0 Å². The van der Waals surface area contributed by atoms with Gasteiger partial charge in [0.05, 0.1) is 22.8 Å². The van der Waals surface area contributed by atoms with Gasteiger partial charge in [-0.2, -0.15) is 0 Å². The summed E-state index contributed by atoms with van der Waals surface area (Å²) in [6, 6.07) is 12.1. The van der Waals surface area contributed by atoms with E-state index in [0.29, 0.717) is 11.6 Å². The van der Waals surface area contributed by atoms with Crippen molar-refractivity contribution in [2.45, 2.75) is 19.9 Å². The predicted octanol–water partition coefficient (Wildman–Crippen LogP) is 3.97. The van der Waals surface area contributed by atoms with E-state index in [1.54, 1.807) is 12.4 Å². The van der Waals surface area contributed by atoms with Crippen LogP contribution in [0.15, 0.2) is 61.2 Å². The fourth-order valence-corrected chi connectivity index (χ4v) is 3.00. The van der Waals surface area contributed by atoms with E-state index in [1.165, 1.54) is 0 Å². The van der Waals surface area contributed by atoms with Gasteiger partial charge in [0.1, 0.15) is 0 Å². The number of para-hydroxylation sites is 1. The maximum Gasteiger partial charge on any atom is 0.211 e. The number of aryl methyl sites for hydroxylation is 1. The molecule has 0 amide bonds. The van der Waals surface area contributed by atoms with E-state index in [1.807, 2.05) is 48.5 Å². The van der Waals surface area contributed by atoms with E-state index < -0.39 is 0 Å². The van der Waals surface area contributed by atoms with Crippen LogP contribution in [0.2, 0.25) is 5.02 Å². The lowest BCUT2D eigenvalue weighted by atomic mass is 10.1. The molecule has 1 N–H and O–H groups in total. The summed E-state index contributed by atoms with van der Waals surface area (Å²) in [7, 11) is 0. The van der Waals surface area contributed by atoms with Crippen molar-refractivity contribution in [3.8, 4) is 0 Å². The molecule has 0 bridgehead atoms. The lowest BCUT2D eigenvalue weighted by Crippen LogP contribution is -2.37. The Balaban J connectivity index is 1.61. The van der Waals surface area contributed by atoms with Gasteiger partial charge in [0, 0.05) is 35.9 Å². The van der Waals surface area contributed by atoms with Crippen LogP contribution in [0.4, 0.5) is 5.69 Å². The number of nitrogens with one attached hydrogen (secondary N) is 1. The minimum absolute atomic E-state index is 0.322. The third-order valence-electron chi connectivity index (χ3n) is 4.10. The summed E-state index contributed by atoms with van der Waals surface area (Å²) in [5, 5.41) is 4.91. The molecule has 0 spiro atoms. The van der Waals surface area contributed by atoms with Crippen molar-refractivity contribution in [3.63, 3.8) is 0 Å². The second kappa shape index (κ2) is 6.70.